The average Bonchev–Trinajstić information content (AvgIpc) is 3.36. The largest absolute Gasteiger partial charge is 0.507 e. The van der Waals surface area contributed by atoms with Gasteiger partial charge in [0.05, 0.1) is 40.3 Å². The molecule has 4 aromatic rings. The lowest BCUT2D eigenvalue weighted by Gasteiger charge is -2.23. The zero-order valence-electron chi connectivity index (χ0n) is 19.2. The Morgan fingerprint density at radius 2 is 1.94 bits per heavy atom. The molecule has 0 saturated carbocycles. The van der Waals surface area contributed by atoms with Crippen LogP contribution in [0.15, 0.2) is 60.4 Å². The van der Waals surface area contributed by atoms with Crippen molar-refractivity contribution in [2.24, 2.45) is 0 Å². The van der Waals surface area contributed by atoms with Gasteiger partial charge < -0.3 is 14.8 Å². The molecule has 8 nitrogen and oxygen atoms in total. The number of anilines is 1. The maximum atomic E-state index is 13.4. The Bertz CT molecular complexity index is 1530. The van der Waals surface area contributed by atoms with Crippen LogP contribution in [0.5, 0.6) is 5.75 Å². The number of aromatic amines is 1. The summed E-state index contributed by atoms with van der Waals surface area (Å²) < 4.78 is 5.41. The van der Waals surface area contributed by atoms with Gasteiger partial charge in [-0.3, -0.25) is 19.5 Å². The van der Waals surface area contributed by atoms with Crippen LogP contribution in [0.4, 0.5) is 5.95 Å². The molecule has 1 aliphatic rings. The molecule has 0 bridgehead atoms. The van der Waals surface area contributed by atoms with E-state index in [1.807, 2.05) is 25.1 Å². The van der Waals surface area contributed by atoms with Crippen LogP contribution in [-0.4, -0.2) is 38.9 Å². The molecule has 3 heterocycles. The number of aromatic nitrogens is 3. The number of hydrogen-bond acceptors (Lipinski definition) is 6. The number of rotatable bonds is 4. The minimum atomic E-state index is -0.977. The molecule has 1 aliphatic heterocycles. The van der Waals surface area contributed by atoms with Crippen LogP contribution >= 0.6 is 11.6 Å². The van der Waals surface area contributed by atoms with E-state index in [9.17, 15) is 14.7 Å². The predicted molar refractivity (Wildman–Crippen MR) is 133 cm³/mol. The van der Waals surface area contributed by atoms with Gasteiger partial charge in [-0.2, -0.15) is 0 Å². The van der Waals surface area contributed by atoms with Gasteiger partial charge in [0.25, 0.3) is 5.78 Å². The number of pyridine rings is 1. The molecule has 176 valence electrons. The van der Waals surface area contributed by atoms with Crippen molar-refractivity contribution in [3.63, 3.8) is 0 Å². The number of halogens is 1. The highest BCUT2D eigenvalue weighted by Crippen LogP contribution is 2.44. The fraction of sp³-hybridized carbons (Fsp3) is 0.154. The van der Waals surface area contributed by atoms with E-state index in [-0.39, 0.29) is 27.9 Å². The van der Waals surface area contributed by atoms with Gasteiger partial charge in [-0.1, -0.05) is 23.7 Å². The SMILES string of the molecule is COc1c(Cl)cc(C)cc1/C(O)=C1\C(=O)C(=O)N(c2nc3ccc(C)cc3[nH]2)C1c1cccnc1. The van der Waals surface area contributed by atoms with E-state index < -0.39 is 23.5 Å². The second kappa shape index (κ2) is 8.56. The van der Waals surface area contributed by atoms with E-state index in [4.69, 9.17) is 16.3 Å². The Morgan fingerprint density at radius 3 is 2.66 bits per heavy atom. The molecule has 0 radical (unpaired) electrons. The summed E-state index contributed by atoms with van der Waals surface area (Å²) in [6.07, 6.45) is 3.13. The number of ketones is 1. The third kappa shape index (κ3) is 3.72. The topological polar surface area (TPSA) is 108 Å². The Balaban J connectivity index is 1.77. The second-order valence-corrected chi connectivity index (χ2v) is 8.77. The van der Waals surface area contributed by atoms with Crippen LogP contribution < -0.4 is 9.64 Å². The lowest BCUT2D eigenvalue weighted by Crippen LogP contribution is -2.30. The number of nitrogens with one attached hydrogen (secondary N) is 1. The molecule has 0 aliphatic carbocycles. The smallest absolute Gasteiger partial charge is 0.302 e. The summed E-state index contributed by atoms with van der Waals surface area (Å²) in [6, 6.07) is 11.4. The monoisotopic (exact) mass is 488 g/mol. The van der Waals surface area contributed by atoms with Gasteiger partial charge >= 0.3 is 5.91 Å². The van der Waals surface area contributed by atoms with E-state index >= 15 is 0 Å². The standard InChI is InChI=1S/C26H21ClN4O4/c1-13-6-7-18-19(11-13)30-26(29-18)31-21(15-5-4-8-28-12-15)20(23(33)25(31)34)22(32)16-9-14(2)10-17(27)24(16)35-3/h4-12,21,32H,1-3H3,(H,29,30)/b22-20+. The number of Topliss-reactive ketones (excluding diaryl/α,β-unsaturated/α-hetero) is 1. The number of nitrogens with zero attached hydrogens (tertiary/aromatic N) is 3. The average molecular weight is 489 g/mol. The van der Waals surface area contributed by atoms with E-state index in [2.05, 4.69) is 15.0 Å². The van der Waals surface area contributed by atoms with E-state index in [0.717, 1.165) is 16.6 Å². The van der Waals surface area contributed by atoms with Crippen LogP contribution in [0.3, 0.4) is 0 Å². The molecule has 2 aromatic carbocycles. The first-order chi connectivity index (χ1) is 16.8. The molecular formula is C26H21ClN4O4. The van der Waals surface area contributed by atoms with Crippen LogP contribution in [0.2, 0.25) is 5.02 Å². The number of aryl methyl sites for hydroxylation is 2. The number of carbonyl (C=O) groups is 2. The summed E-state index contributed by atoms with van der Waals surface area (Å²) in [5.41, 5.74) is 3.76. The summed E-state index contributed by atoms with van der Waals surface area (Å²) >= 11 is 6.34. The van der Waals surface area contributed by atoms with Gasteiger partial charge in [0.2, 0.25) is 5.95 Å². The first kappa shape index (κ1) is 22.6. The number of imidazole rings is 1. The Kier molecular flexibility index (Phi) is 5.53. The minimum absolute atomic E-state index is 0.111. The first-order valence-corrected chi connectivity index (χ1v) is 11.2. The van der Waals surface area contributed by atoms with Gasteiger partial charge in [0, 0.05) is 12.4 Å². The van der Waals surface area contributed by atoms with Crippen molar-refractivity contribution in [1.82, 2.24) is 15.0 Å². The van der Waals surface area contributed by atoms with Gasteiger partial charge in [-0.25, -0.2) is 4.98 Å². The number of carbonyl (C=O) groups excluding carboxylic acids is 2. The fourth-order valence-corrected chi connectivity index (χ4v) is 4.74. The molecule has 9 heteroatoms. The molecule has 1 amide bonds. The molecule has 1 saturated heterocycles. The third-order valence-electron chi connectivity index (χ3n) is 5.94. The number of benzene rings is 2. The number of amides is 1. The highest BCUT2D eigenvalue weighted by Gasteiger charge is 2.48. The van der Waals surface area contributed by atoms with Gasteiger partial charge in [0.15, 0.2) is 0 Å². The third-order valence-corrected chi connectivity index (χ3v) is 6.23. The van der Waals surface area contributed by atoms with Crippen molar-refractivity contribution in [2.45, 2.75) is 19.9 Å². The maximum Gasteiger partial charge on any atom is 0.302 e. The lowest BCUT2D eigenvalue weighted by atomic mass is 9.95. The fourth-order valence-electron chi connectivity index (χ4n) is 4.39. The quantitative estimate of drug-likeness (QED) is 0.241. The van der Waals surface area contributed by atoms with E-state index in [1.165, 1.54) is 12.0 Å². The molecule has 2 aromatic heterocycles. The normalized spacial score (nSPS) is 17.4. The zero-order chi connectivity index (χ0) is 24.9. The van der Waals surface area contributed by atoms with Gasteiger partial charge in [0.1, 0.15) is 11.5 Å². The van der Waals surface area contributed by atoms with Crippen molar-refractivity contribution in [2.75, 3.05) is 12.0 Å². The van der Waals surface area contributed by atoms with E-state index in [0.29, 0.717) is 11.1 Å². The Morgan fingerprint density at radius 1 is 1.14 bits per heavy atom. The Hall–Kier alpha value is -4.17. The number of aliphatic hydroxyl groups excluding tert-OH is 1. The van der Waals surface area contributed by atoms with Crippen LogP contribution in [-0.2, 0) is 9.59 Å². The van der Waals surface area contributed by atoms with Crippen molar-refractivity contribution in [1.29, 1.82) is 0 Å². The number of hydrogen-bond donors (Lipinski definition) is 2. The molecule has 1 atom stereocenters. The lowest BCUT2D eigenvalue weighted by molar-refractivity contribution is -0.132. The Labute approximate surface area is 205 Å². The molecule has 35 heavy (non-hydrogen) atoms. The van der Waals surface area contributed by atoms with Crippen molar-refractivity contribution in [3.8, 4) is 5.75 Å². The molecule has 5 rings (SSSR count). The second-order valence-electron chi connectivity index (χ2n) is 8.36. The summed E-state index contributed by atoms with van der Waals surface area (Å²) in [5.74, 6) is -1.68. The minimum Gasteiger partial charge on any atom is -0.507 e. The summed E-state index contributed by atoms with van der Waals surface area (Å²) in [7, 11) is 1.42. The predicted octanol–water partition coefficient (Wildman–Crippen LogP) is 4.86. The van der Waals surface area contributed by atoms with Crippen molar-refractivity contribution in [3.05, 3.63) is 87.7 Å². The number of aliphatic hydroxyl groups is 1. The molecule has 1 fully saturated rings. The van der Waals surface area contributed by atoms with Crippen LogP contribution in [0.1, 0.15) is 28.3 Å². The molecule has 1 unspecified atom stereocenters. The number of H-pyrrole nitrogens is 1. The van der Waals surface area contributed by atoms with Crippen LogP contribution in [0, 0.1) is 13.8 Å². The molecule has 2 N–H and O–H groups in total. The summed E-state index contributed by atoms with van der Waals surface area (Å²) in [6.45, 7) is 3.75. The number of methoxy groups -OCH3 is 1. The summed E-state index contributed by atoms with van der Waals surface area (Å²) in [5, 5.41) is 11.7. The number of ether oxygens (including phenoxy) is 1. The maximum absolute atomic E-state index is 13.4. The van der Waals surface area contributed by atoms with Crippen molar-refractivity contribution < 1.29 is 19.4 Å². The zero-order valence-corrected chi connectivity index (χ0v) is 19.9. The van der Waals surface area contributed by atoms with Crippen molar-refractivity contribution >= 4 is 46.0 Å². The summed E-state index contributed by atoms with van der Waals surface area (Å²) in [4.78, 5) is 39.8. The van der Waals surface area contributed by atoms with Crippen LogP contribution in [0.25, 0.3) is 16.8 Å². The van der Waals surface area contributed by atoms with E-state index in [1.54, 1.807) is 43.6 Å². The molecular weight excluding hydrogens is 468 g/mol. The van der Waals surface area contributed by atoms with Gasteiger partial charge in [-0.05, 0) is 60.9 Å². The first-order valence-electron chi connectivity index (χ1n) is 10.8. The number of fused-ring (bicyclic) bond motifs is 1. The van der Waals surface area contributed by atoms with Gasteiger partial charge in [-0.15, -0.1) is 0 Å². The highest BCUT2D eigenvalue weighted by molar-refractivity contribution is 6.51. The molecule has 0 spiro atoms. The highest BCUT2D eigenvalue weighted by atomic mass is 35.5.